The summed E-state index contributed by atoms with van der Waals surface area (Å²) < 4.78 is 0. The fourth-order valence-corrected chi connectivity index (χ4v) is 4.56. The van der Waals surface area contributed by atoms with Crippen LogP contribution in [0, 0.1) is 17.8 Å². The molecule has 2 aromatic carbocycles. The molecule has 6 nitrogen and oxygen atoms in total. The van der Waals surface area contributed by atoms with Crippen molar-refractivity contribution < 1.29 is 14.4 Å². The van der Waals surface area contributed by atoms with E-state index in [0.29, 0.717) is 30.0 Å². The summed E-state index contributed by atoms with van der Waals surface area (Å²) in [4.78, 5) is 38.6. The summed E-state index contributed by atoms with van der Waals surface area (Å²) in [6, 6.07) is 16.9. The summed E-state index contributed by atoms with van der Waals surface area (Å²) in [6.45, 7) is 0. The Hall–Kier alpha value is -3.41. The molecule has 0 aromatic heterocycles. The number of carbonyl (C=O) groups excluding carboxylic acids is 3. The van der Waals surface area contributed by atoms with E-state index in [2.05, 4.69) is 10.7 Å². The van der Waals surface area contributed by atoms with Gasteiger partial charge in [0.15, 0.2) is 0 Å². The second-order valence-corrected chi connectivity index (χ2v) is 8.56. The van der Waals surface area contributed by atoms with Gasteiger partial charge in [-0.25, -0.2) is 5.01 Å². The maximum absolute atomic E-state index is 13.1. The Morgan fingerprint density at radius 3 is 2.45 bits per heavy atom. The number of fused-ring (bicyclic) bond motifs is 1. The van der Waals surface area contributed by atoms with Crippen LogP contribution in [0.4, 0.5) is 5.69 Å². The van der Waals surface area contributed by atoms with Gasteiger partial charge in [-0.3, -0.25) is 19.8 Å². The van der Waals surface area contributed by atoms with Gasteiger partial charge >= 0.3 is 0 Å². The van der Waals surface area contributed by atoms with Crippen LogP contribution < -0.4 is 15.8 Å². The predicted octanol–water partition coefficient (Wildman–Crippen LogP) is 3.53. The lowest BCUT2D eigenvalue weighted by Crippen LogP contribution is -2.59. The highest BCUT2D eigenvalue weighted by Gasteiger charge is 2.42. The van der Waals surface area contributed by atoms with E-state index in [1.165, 1.54) is 5.01 Å². The number of hydrazine groups is 1. The van der Waals surface area contributed by atoms with Crippen molar-refractivity contribution in [3.8, 4) is 0 Å². The molecule has 3 atom stereocenters. The highest BCUT2D eigenvalue weighted by molar-refractivity contribution is 6.05. The molecule has 3 aliphatic rings. The third-order valence-corrected chi connectivity index (χ3v) is 6.43. The quantitative estimate of drug-likeness (QED) is 0.734. The van der Waals surface area contributed by atoms with Gasteiger partial charge in [0.05, 0.1) is 23.6 Å². The summed E-state index contributed by atoms with van der Waals surface area (Å²) in [5, 5.41) is 4.47. The Morgan fingerprint density at radius 1 is 0.968 bits per heavy atom. The van der Waals surface area contributed by atoms with Crippen molar-refractivity contribution in [2.24, 2.45) is 17.8 Å². The minimum Gasteiger partial charge on any atom is -0.345 e. The van der Waals surface area contributed by atoms with Crippen LogP contribution in [0.3, 0.4) is 0 Å². The molecule has 1 heterocycles. The van der Waals surface area contributed by atoms with Crippen LogP contribution in [0.15, 0.2) is 66.7 Å². The normalized spacial score (nSPS) is 23.7. The molecular weight excluding hydrogens is 390 g/mol. The summed E-state index contributed by atoms with van der Waals surface area (Å²) in [6.07, 6.45) is 7.27. The van der Waals surface area contributed by atoms with Gasteiger partial charge in [-0.05, 0) is 55.4 Å². The van der Waals surface area contributed by atoms with Gasteiger partial charge in [-0.1, -0.05) is 48.6 Å². The number of nitrogens with one attached hydrogen (secondary N) is 2. The first-order valence-corrected chi connectivity index (χ1v) is 10.9. The maximum Gasteiger partial charge on any atom is 0.251 e. The van der Waals surface area contributed by atoms with Gasteiger partial charge in [0.2, 0.25) is 11.8 Å². The third kappa shape index (κ3) is 3.85. The molecule has 0 radical (unpaired) electrons. The lowest BCUT2D eigenvalue weighted by molar-refractivity contribution is -0.139. The van der Waals surface area contributed by atoms with Crippen LogP contribution in [-0.4, -0.2) is 17.7 Å². The van der Waals surface area contributed by atoms with E-state index in [0.717, 1.165) is 18.4 Å². The molecular formula is C25H25N3O3. The summed E-state index contributed by atoms with van der Waals surface area (Å²) >= 11 is 0. The third-order valence-electron chi connectivity index (χ3n) is 6.43. The Bertz CT molecular complexity index is 1040. The molecule has 0 bridgehead atoms. The molecule has 1 aliphatic heterocycles. The van der Waals surface area contributed by atoms with Gasteiger partial charge in [0.25, 0.3) is 5.91 Å². The van der Waals surface area contributed by atoms with Crippen LogP contribution in [0.2, 0.25) is 0 Å². The van der Waals surface area contributed by atoms with Crippen molar-refractivity contribution in [1.29, 1.82) is 0 Å². The lowest BCUT2D eigenvalue weighted by atomic mass is 9.80. The second kappa shape index (κ2) is 8.02. The zero-order chi connectivity index (χ0) is 21.4. The molecule has 5 rings (SSSR count). The summed E-state index contributed by atoms with van der Waals surface area (Å²) in [5.41, 5.74) is 4.79. The number of allylic oxidation sites excluding steroid dienone is 2. The van der Waals surface area contributed by atoms with Crippen LogP contribution in [0.25, 0.3) is 0 Å². The van der Waals surface area contributed by atoms with Gasteiger partial charge in [-0.2, -0.15) is 0 Å². The average molecular weight is 415 g/mol. The van der Waals surface area contributed by atoms with Crippen LogP contribution in [0.1, 0.15) is 47.6 Å². The zero-order valence-electron chi connectivity index (χ0n) is 17.2. The molecule has 2 aliphatic carbocycles. The predicted molar refractivity (Wildman–Crippen MR) is 117 cm³/mol. The smallest absolute Gasteiger partial charge is 0.251 e. The van der Waals surface area contributed by atoms with Crippen molar-refractivity contribution >= 4 is 23.4 Å². The average Bonchev–Trinajstić information content (AvgIpc) is 3.66. The van der Waals surface area contributed by atoms with Crippen LogP contribution in [-0.2, 0) is 9.59 Å². The lowest BCUT2D eigenvalue weighted by Gasteiger charge is -2.38. The molecule has 6 heteroatoms. The van der Waals surface area contributed by atoms with Crippen molar-refractivity contribution in [3.05, 3.63) is 77.9 Å². The number of anilines is 1. The largest absolute Gasteiger partial charge is 0.345 e. The Kier molecular flexibility index (Phi) is 5.06. The fourth-order valence-electron chi connectivity index (χ4n) is 4.56. The topological polar surface area (TPSA) is 78.5 Å². The number of hydrogen-bond donors (Lipinski definition) is 2. The van der Waals surface area contributed by atoms with Crippen molar-refractivity contribution in [3.63, 3.8) is 0 Å². The molecule has 158 valence electrons. The van der Waals surface area contributed by atoms with Gasteiger partial charge < -0.3 is 5.32 Å². The highest BCUT2D eigenvalue weighted by atomic mass is 16.2. The van der Waals surface area contributed by atoms with E-state index < -0.39 is 0 Å². The van der Waals surface area contributed by atoms with Gasteiger partial charge in [0, 0.05) is 5.56 Å². The molecule has 0 unspecified atom stereocenters. The standard InChI is InChI=1S/C25H25N3O3/c29-23(26-22(17-13-14-17)16-7-2-1-3-8-16)18-9-6-10-19(15-18)28-25(31)21-12-5-4-11-20(21)24(30)27-28/h1-10,15,17,20-22H,11-14H2,(H,26,29)(H,27,30)/t20-,21+,22+/m0/s1. The SMILES string of the molecule is O=C(N[C@H](c1ccccc1)C1CC1)c1cccc(N2NC(=O)[C@H]3CC=CC[C@H]3C2=O)c1. The molecule has 2 aromatic rings. The molecule has 2 fully saturated rings. The van der Waals surface area contributed by atoms with Crippen LogP contribution in [0.5, 0.6) is 0 Å². The van der Waals surface area contributed by atoms with Gasteiger partial charge in [-0.15, -0.1) is 0 Å². The van der Waals surface area contributed by atoms with E-state index in [9.17, 15) is 14.4 Å². The van der Waals surface area contributed by atoms with E-state index >= 15 is 0 Å². The number of hydrogen-bond acceptors (Lipinski definition) is 3. The summed E-state index contributed by atoms with van der Waals surface area (Å²) in [5.74, 6) is -0.682. The van der Waals surface area contributed by atoms with E-state index in [1.54, 1.807) is 24.3 Å². The first-order chi connectivity index (χ1) is 15.1. The van der Waals surface area contributed by atoms with E-state index in [1.807, 2.05) is 42.5 Å². The monoisotopic (exact) mass is 415 g/mol. The second-order valence-electron chi connectivity index (χ2n) is 8.56. The number of nitrogens with zero attached hydrogens (tertiary/aromatic N) is 1. The highest BCUT2D eigenvalue weighted by Crippen LogP contribution is 2.41. The minimum absolute atomic E-state index is 0.0246. The fraction of sp³-hybridized carbons (Fsp3) is 0.320. The molecule has 3 amide bonds. The first kappa shape index (κ1) is 19.5. The maximum atomic E-state index is 13.1. The first-order valence-electron chi connectivity index (χ1n) is 10.9. The Balaban J connectivity index is 1.36. The minimum atomic E-state index is -0.353. The molecule has 2 N–H and O–H groups in total. The number of benzene rings is 2. The van der Waals surface area contributed by atoms with Gasteiger partial charge in [0.1, 0.15) is 0 Å². The van der Waals surface area contributed by atoms with Crippen molar-refractivity contribution in [2.45, 2.75) is 31.7 Å². The molecule has 1 saturated carbocycles. The number of rotatable bonds is 5. The molecule has 1 saturated heterocycles. The van der Waals surface area contributed by atoms with Crippen molar-refractivity contribution in [2.75, 3.05) is 5.01 Å². The van der Waals surface area contributed by atoms with Crippen molar-refractivity contribution in [1.82, 2.24) is 10.7 Å². The molecule has 31 heavy (non-hydrogen) atoms. The van der Waals surface area contributed by atoms with Crippen LogP contribution >= 0.6 is 0 Å². The Morgan fingerprint density at radius 2 is 1.71 bits per heavy atom. The van der Waals surface area contributed by atoms with E-state index in [-0.39, 0.29) is 35.6 Å². The number of amides is 3. The summed E-state index contributed by atoms with van der Waals surface area (Å²) in [7, 11) is 0. The van der Waals surface area contributed by atoms with E-state index in [4.69, 9.17) is 0 Å². The Labute approximate surface area is 181 Å². The number of carbonyl (C=O) groups is 3. The zero-order valence-corrected chi connectivity index (χ0v) is 17.2. The molecule has 0 spiro atoms.